The van der Waals surface area contributed by atoms with E-state index in [0.29, 0.717) is 6.42 Å². The van der Waals surface area contributed by atoms with Gasteiger partial charge in [-0.3, -0.25) is 0 Å². The normalized spacial score (nSPS) is 25.8. The molecule has 1 heterocycles. The maximum atomic E-state index is 6.50. The Morgan fingerprint density at radius 1 is 1.35 bits per heavy atom. The predicted molar refractivity (Wildman–Crippen MR) is 98.8 cm³/mol. The quantitative estimate of drug-likeness (QED) is 0.376. The van der Waals surface area contributed by atoms with Crippen LogP contribution in [0.2, 0.25) is 18.1 Å². The van der Waals surface area contributed by atoms with Crippen molar-refractivity contribution in [2.75, 3.05) is 0 Å². The van der Waals surface area contributed by atoms with Crippen LogP contribution in [0, 0.1) is 12.3 Å². The molecule has 23 heavy (non-hydrogen) atoms. The summed E-state index contributed by atoms with van der Waals surface area (Å²) in [6.07, 6.45) is 9.79. The molecule has 3 unspecified atom stereocenters. The summed E-state index contributed by atoms with van der Waals surface area (Å²) in [4.78, 5) is 0. The molecule has 1 aliphatic rings. The molecule has 0 aromatic heterocycles. The molecule has 3 atom stereocenters. The molecule has 3 nitrogen and oxygen atoms in total. The van der Waals surface area contributed by atoms with Crippen LogP contribution >= 0.6 is 0 Å². The molecule has 1 aliphatic heterocycles. The van der Waals surface area contributed by atoms with Gasteiger partial charge in [0.05, 0.1) is 12.2 Å². The molecule has 0 N–H and O–H groups in total. The van der Waals surface area contributed by atoms with Crippen molar-refractivity contribution in [3.8, 4) is 12.3 Å². The van der Waals surface area contributed by atoms with Crippen LogP contribution in [0.25, 0.3) is 0 Å². The largest absolute Gasteiger partial charge is 0.413 e. The summed E-state index contributed by atoms with van der Waals surface area (Å²) in [5.41, 5.74) is 0. The van der Waals surface area contributed by atoms with Crippen molar-refractivity contribution < 1.29 is 13.9 Å². The molecule has 4 heteroatoms. The second-order valence-electron chi connectivity index (χ2n) is 8.36. The van der Waals surface area contributed by atoms with Crippen LogP contribution in [0.1, 0.15) is 53.9 Å². The summed E-state index contributed by atoms with van der Waals surface area (Å²) in [7, 11) is -1.82. The van der Waals surface area contributed by atoms with Crippen molar-refractivity contribution >= 4 is 8.32 Å². The van der Waals surface area contributed by atoms with Gasteiger partial charge >= 0.3 is 0 Å². The molecule has 0 bridgehead atoms. The van der Waals surface area contributed by atoms with Gasteiger partial charge in [0.15, 0.2) is 14.1 Å². The minimum absolute atomic E-state index is 0.0193. The van der Waals surface area contributed by atoms with Crippen LogP contribution in [0.15, 0.2) is 12.7 Å². The van der Waals surface area contributed by atoms with Crippen molar-refractivity contribution in [2.24, 2.45) is 0 Å². The Balaban J connectivity index is 2.67. The summed E-state index contributed by atoms with van der Waals surface area (Å²) in [5, 5.41) is 0.179. The molecular formula is C19H34O3Si. The van der Waals surface area contributed by atoms with E-state index in [1.807, 2.05) is 19.9 Å². The summed E-state index contributed by atoms with van der Waals surface area (Å²) in [6, 6.07) is 0. The highest BCUT2D eigenvalue weighted by atomic mass is 28.4. The molecule has 132 valence electrons. The minimum atomic E-state index is -1.82. The number of rotatable bonds is 7. The van der Waals surface area contributed by atoms with Gasteiger partial charge in [-0.05, 0) is 44.8 Å². The Hall–Kier alpha value is -0.603. The average Bonchev–Trinajstić information content (AvgIpc) is 2.69. The first-order valence-corrected chi connectivity index (χ1v) is 11.4. The van der Waals surface area contributed by atoms with E-state index >= 15 is 0 Å². The molecule has 0 radical (unpaired) electrons. The maximum Gasteiger partial charge on any atom is 0.192 e. The lowest BCUT2D eigenvalue weighted by atomic mass is 10.0. The number of hydrogen-bond acceptors (Lipinski definition) is 3. The Kier molecular flexibility index (Phi) is 6.69. The predicted octanol–water partition coefficient (Wildman–Crippen LogP) is 4.89. The van der Waals surface area contributed by atoms with E-state index in [9.17, 15) is 0 Å². The van der Waals surface area contributed by atoms with Gasteiger partial charge in [-0.2, -0.15) is 0 Å². The second kappa shape index (κ2) is 7.52. The SMILES string of the molecule is C#CCC(CCC1OC(C)(C)OC1C=C)O[Si](C)(C)C(C)(C)C. The lowest BCUT2D eigenvalue weighted by molar-refractivity contribution is -0.143. The monoisotopic (exact) mass is 338 g/mol. The summed E-state index contributed by atoms with van der Waals surface area (Å²) in [5.74, 6) is 2.21. The van der Waals surface area contributed by atoms with Crippen LogP contribution < -0.4 is 0 Å². The van der Waals surface area contributed by atoms with E-state index in [2.05, 4.69) is 46.4 Å². The first-order chi connectivity index (χ1) is 10.4. The summed E-state index contributed by atoms with van der Waals surface area (Å²) in [6.45, 7) is 19.0. The Morgan fingerprint density at radius 2 is 1.96 bits per heavy atom. The smallest absolute Gasteiger partial charge is 0.192 e. The molecule has 0 aliphatic carbocycles. The van der Waals surface area contributed by atoms with E-state index in [-0.39, 0.29) is 23.4 Å². The highest BCUT2D eigenvalue weighted by molar-refractivity contribution is 6.74. The van der Waals surface area contributed by atoms with Crippen LogP contribution in [-0.2, 0) is 13.9 Å². The van der Waals surface area contributed by atoms with E-state index < -0.39 is 14.1 Å². The fourth-order valence-electron chi connectivity index (χ4n) is 2.56. The third-order valence-electron chi connectivity index (χ3n) is 4.84. The number of hydrogen-bond donors (Lipinski definition) is 0. The molecule has 1 rings (SSSR count). The molecule has 0 amide bonds. The second-order valence-corrected chi connectivity index (χ2v) is 13.1. The molecule has 0 spiro atoms. The van der Waals surface area contributed by atoms with E-state index in [1.54, 1.807) is 0 Å². The van der Waals surface area contributed by atoms with E-state index in [0.717, 1.165) is 12.8 Å². The van der Waals surface area contributed by atoms with Gasteiger partial charge in [-0.15, -0.1) is 18.9 Å². The standard InChI is InChI=1S/C19H34O3Si/c1-10-12-15(22-23(8,9)18(3,4)5)13-14-17-16(11-2)20-19(6,7)21-17/h1,11,15-17H,2,12-14H2,3-9H3. The molecule has 0 aromatic carbocycles. The van der Waals surface area contributed by atoms with Gasteiger partial charge in [0.25, 0.3) is 0 Å². The average molecular weight is 339 g/mol. The zero-order chi connectivity index (χ0) is 17.9. The van der Waals surface area contributed by atoms with Gasteiger partial charge in [0.1, 0.15) is 6.10 Å². The van der Waals surface area contributed by atoms with Crippen molar-refractivity contribution in [1.82, 2.24) is 0 Å². The minimum Gasteiger partial charge on any atom is -0.413 e. The highest BCUT2D eigenvalue weighted by Crippen LogP contribution is 2.38. The molecule has 0 saturated carbocycles. The van der Waals surface area contributed by atoms with Crippen molar-refractivity contribution in [3.05, 3.63) is 12.7 Å². The van der Waals surface area contributed by atoms with Gasteiger partial charge in [0, 0.05) is 6.42 Å². The van der Waals surface area contributed by atoms with Gasteiger partial charge < -0.3 is 13.9 Å². The van der Waals surface area contributed by atoms with Gasteiger partial charge in [-0.25, -0.2) is 0 Å². The van der Waals surface area contributed by atoms with Crippen LogP contribution in [-0.4, -0.2) is 32.4 Å². The Morgan fingerprint density at radius 3 is 2.43 bits per heavy atom. The Bertz CT molecular complexity index is 443. The number of terminal acetylenes is 1. The molecular weight excluding hydrogens is 304 g/mol. The fourth-order valence-corrected chi connectivity index (χ4v) is 3.95. The Labute approximate surface area is 143 Å². The molecule has 1 fully saturated rings. The van der Waals surface area contributed by atoms with Gasteiger partial charge in [-0.1, -0.05) is 26.8 Å². The van der Waals surface area contributed by atoms with Crippen LogP contribution in [0.5, 0.6) is 0 Å². The first kappa shape index (κ1) is 20.4. The topological polar surface area (TPSA) is 27.7 Å². The number of ether oxygens (including phenoxy) is 2. The third kappa shape index (κ3) is 5.76. The summed E-state index contributed by atoms with van der Waals surface area (Å²) >= 11 is 0. The lowest BCUT2D eigenvalue weighted by Crippen LogP contribution is -2.44. The van der Waals surface area contributed by atoms with Crippen LogP contribution in [0.4, 0.5) is 0 Å². The van der Waals surface area contributed by atoms with Crippen molar-refractivity contribution in [3.63, 3.8) is 0 Å². The van der Waals surface area contributed by atoms with Crippen molar-refractivity contribution in [1.29, 1.82) is 0 Å². The molecule has 0 aromatic rings. The fraction of sp³-hybridized carbons (Fsp3) is 0.789. The van der Waals surface area contributed by atoms with E-state index in [4.69, 9.17) is 20.3 Å². The van der Waals surface area contributed by atoms with Crippen molar-refractivity contribution in [2.45, 2.75) is 96.1 Å². The first-order valence-electron chi connectivity index (χ1n) is 8.51. The maximum absolute atomic E-state index is 6.50. The lowest BCUT2D eigenvalue weighted by Gasteiger charge is -2.39. The molecule has 1 saturated heterocycles. The van der Waals surface area contributed by atoms with E-state index in [1.165, 1.54) is 0 Å². The highest BCUT2D eigenvalue weighted by Gasteiger charge is 2.41. The third-order valence-corrected chi connectivity index (χ3v) is 9.37. The zero-order valence-corrected chi connectivity index (χ0v) is 16.9. The van der Waals surface area contributed by atoms with Gasteiger partial charge in [0.2, 0.25) is 0 Å². The zero-order valence-electron chi connectivity index (χ0n) is 15.9. The summed E-state index contributed by atoms with van der Waals surface area (Å²) < 4.78 is 18.3. The van der Waals surface area contributed by atoms with Crippen LogP contribution in [0.3, 0.4) is 0 Å².